The smallest absolute Gasteiger partial charge is 0.338 e. The number of carbonyl (C=O) groups excluding carboxylic acids is 2. The Morgan fingerprint density at radius 2 is 1.79 bits per heavy atom. The van der Waals surface area contributed by atoms with Crippen LogP contribution in [0.2, 0.25) is 10.0 Å². The molecule has 0 fully saturated rings. The third-order valence-electron chi connectivity index (χ3n) is 3.00. The predicted molar refractivity (Wildman–Crippen MR) is 86.3 cm³/mol. The highest BCUT2D eigenvalue weighted by Crippen LogP contribution is 2.23. The number of carbonyl (C=O) groups is 2. The lowest BCUT2D eigenvalue weighted by Crippen LogP contribution is -2.30. The molecular weight excluding hydrogens is 363 g/mol. The molecule has 0 heterocycles. The van der Waals surface area contributed by atoms with E-state index in [9.17, 15) is 18.4 Å². The number of anilines is 1. The van der Waals surface area contributed by atoms with Crippen molar-refractivity contribution in [1.82, 2.24) is 0 Å². The van der Waals surface area contributed by atoms with E-state index in [0.29, 0.717) is 6.07 Å². The first-order valence-corrected chi connectivity index (χ1v) is 7.45. The lowest BCUT2D eigenvalue weighted by atomic mass is 10.2. The van der Waals surface area contributed by atoms with E-state index in [1.807, 2.05) is 0 Å². The molecule has 0 spiro atoms. The van der Waals surface area contributed by atoms with Crippen LogP contribution in [0.1, 0.15) is 17.3 Å². The second kappa shape index (κ2) is 7.59. The van der Waals surface area contributed by atoms with Crippen molar-refractivity contribution in [3.8, 4) is 0 Å². The van der Waals surface area contributed by atoms with Gasteiger partial charge < -0.3 is 10.1 Å². The first-order valence-electron chi connectivity index (χ1n) is 6.70. The first-order chi connectivity index (χ1) is 11.3. The molecule has 0 radical (unpaired) electrons. The SMILES string of the molecule is CC(OC(=O)c1ccc(Cl)c(Cl)c1)C(=O)Nc1ccc(F)cc1F. The van der Waals surface area contributed by atoms with Crippen molar-refractivity contribution in [2.45, 2.75) is 13.0 Å². The molecule has 8 heteroatoms. The van der Waals surface area contributed by atoms with Crippen molar-refractivity contribution in [1.29, 1.82) is 0 Å². The van der Waals surface area contributed by atoms with Gasteiger partial charge in [-0.05, 0) is 37.3 Å². The molecule has 0 bridgehead atoms. The number of amides is 1. The molecule has 2 rings (SSSR count). The van der Waals surface area contributed by atoms with Gasteiger partial charge in [-0.15, -0.1) is 0 Å². The molecular formula is C16H11Cl2F2NO3. The van der Waals surface area contributed by atoms with Crippen molar-refractivity contribution in [2.24, 2.45) is 0 Å². The van der Waals surface area contributed by atoms with Gasteiger partial charge in [-0.3, -0.25) is 4.79 Å². The molecule has 0 aliphatic rings. The molecule has 1 atom stereocenters. The Balaban J connectivity index is 2.02. The summed E-state index contributed by atoms with van der Waals surface area (Å²) in [7, 11) is 0. The predicted octanol–water partition coefficient (Wildman–Crippen LogP) is 4.46. The van der Waals surface area contributed by atoms with Gasteiger partial charge in [-0.1, -0.05) is 23.2 Å². The Bertz CT molecular complexity index is 799. The van der Waals surface area contributed by atoms with Gasteiger partial charge in [0.1, 0.15) is 11.6 Å². The van der Waals surface area contributed by atoms with Crippen LogP contribution in [0, 0.1) is 11.6 Å². The minimum Gasteiger partial charge on any atom is -0.449 e. The van der Waals surface area contributed by atoms with E-state index in [-0.39, 0.29) is 21.3 Å². The first kappa shape index (κ1) is 18.2. The molecule has 2 aromatic rings. The fraction of sp³-hybridized carbons (Fsp3) is 0.125. The summed E-state index contributed by atoms with van der Waals surface area (Å²) in [5.41, 5.74) is -0.115. The zero-order valence-electron chi connectivity index (χ0n) is 12.3. The monoisotopic (exact) mass is 373 g/mol. The highest BCUT2D eigenvalue weighted by molar-refractivity contribution is 6.42. The molecule has 1 N–H and O–H groups in total. The molecule has 0 aliphatic heterocycles. The summed E-state index contributed by atoms with van der Waals surface area (Å²) in [4.78, 5) is 23.9. The minimum atomic E-state index is -1.21. The van der Waals surface area contributed by atoms with Crippen molar-refractivity contribution in [3.63, 3.8) is 0 Å². The summed E-state index contributed by atoms with van der Waals surface area (Å²) >= 11 is 11.6. The Labute approximate surface area is 146 Å². The van der Waals surface area contributed by atoms with Crippen molar-refractivity contribution in [3.05, 3.63) is 63.6 Å². The molecule has 2 aromatic carbocycles. The summed E-state index contributed by atoms with van der Waals surface area (Å²) < 4.78 is 31.3. The number of ether oxygens (including phenoxy) is 1. The van der Waals surface area contributed by atoms with Gasteiger partial charge >= 0.3 is 5.97 Å². The summed E-state index contributed by atoms with van der Waals surface area (Å²) in [5, 5.41) is 2.64. The number of nitrogens with one attached hydrogen (secondary N) is 1. The summed E-state index contributed by atoms with van der Waals surface area (Å²) in [6.45, 7) is 1.31. The maximum atomic E-state index is 13.5. The van der Waals surface area contributed by atoms with E-state index in [0.717, 1.165) is 12.1 Å². The van der Waals surface area contributed by atoms with Crippen LogP contribution in [0.15, 0.2) is 36.4 Å². The third kappa shape index (κ3) is 4.43. The quantitative estimate of drug-likeness (QED) is 0.805. The maximum absolute atomic E-state index is 13.5. The molecule has 0 aromatic heterocycles. The molecule has 1 amide bonds. The zero-order chi connectivity index (χ0) is 17.9. The molecule has 24 heavy (non-hydrogen) atoms. The van der Waals surface area contributed by atoms with Crippen molar-refractivity contribution in [2.75, 3.05) is 5.32 Å². The van der Waals surface area contributed by atoms with Crippen LogP contribution < -0.4 is 5.32 Å². The van der Waals surface area contributed by atoms with E-state index in [1.54, 1.807) is 0 Å². The second-order valence-electron chi connectivity index (χ2n) is 4.79. The molecule has 0 saturated heterocycles. The zero-order valence-corrected chi connectivity index (χ0v) is 13.8. The third-order valence-corrected chi connectivity index (χ3v) is 3.74. The largest absolute Gasteiger partial charge is 0.449 e. The van der Waals surface area contributed by atoms with Crippen molar-refractivity contribution >= 4 is 40.8 Å². The number of hydrogen-bond acceptors (Lipinski definition) is 3. The molecule has 1 unspecified atom stereocenters. The number of halogens is 4. The second-order valence-corrected chi connectivity index (χ2v) is 5.60. The maximum Gasteiger partial charge on any atom is 0.338 e. The van der Waals surface area contributed by atoms with Gasteiger partial charge in [-0.25, -0.2) is 13.6 Å². The summed E-state index contributed by atoms with van der Waals surface area (Å²) in [6.07, 6.45) is -1.21. The average molecular weight is 374 g/mol. The fourth-order valence-electron chi connectivity index (χ4n) is 1.73. The van der Waals surface area contributed by atoms with Crippen LogP contribution in [0.5, 0.6) is 0 Å². The highest BCUT2D eigenvalue weighted by atomic mass is 35.5. The van der Waals surface area contributed by atoms with Gasteiger partial charge in [0.2, 0.25) is 0 Å². The van der Waals surface area contributed by atoms with Gasteiger partial charge in [0, 0.05) is 6.07 Å². The van der Waals surface area contributed by atoms with Crippen LogP contribution in [-0.4, -0.2) is 18.0 Å². The fourth-order valence-corrected chi connectivity index (χ4v) is 2.03. The lowest BCUT2D eigenvalue weighted by molar-refractivity contribution is -0.123. The standard InChI is InChI=1S/C16H11Cl2F2NO3/c1-8(15(22)21-14-5-3-10(19)7-13(14)20)24-16(23)9-2-4-11(17)12(18)6-9/h2-8H,1H3,(H,21,22). The van der Waals surface area contributed by atoms with Crippen LogP contribution in [0.25, 0.3) is 0 Å². The van der Waals surface area contributed by atoms with Crippen LogP contribution in [-0.2, 0) is 9.53 Å². The van der Waals surface area contributed by atoms with Gasteiger partial charge in [-0.2, -0.15) is 0 Å². The molecule has 126 valence electrons. The van der Waals surface area contributed by atoms with Crippen LogP contribution in [0.3, 0.4) is 0 Å². The van der Waals surface area contributed by atoms with E-state index < -0.39 is 29.6 Å². The van der Waals surface area contributed by atoms with Gasteiger partial charge in [0.15, 0.2) is 6.10 Å². The van der Waals surface area contributed by atoms with E-state index in [4.69, 9.17) is 27.9 Å². The van der Waals surface area contributed by atoms with E-state index in [1.165, 1.54) is 25.1 Å². The minimum absolute atomic E-state index is 0.108. The Hall–Kier alpha value is -2.18. The van der Waals surface area contributed by atoms with Gasteiger partial charge in [0.25, 0.3) is 5.91 Å². The number of hydrogen-bond donors (Lipinski definition) is 1. The van der Waals surface area contributed by atoms with Crippen molar-refractivity contribution < 1.29 is 23.1 Å². The van der Waals surface area contributed by atoms with Crippen LogP contribution in [0.4, 0.5) is 14.5 Å². The van der Waals surface area contributed by atoms with E-state index in [2.05, 4.69) is 5.32 Å². The summed E-state index contributed by atoms with van der Waals surface area (Å²) in [5.74, 6) is -3.28. The topological polar surface area (TPSA) is 55.4 Å². The summed E-state index contributed by atoms with van der Waals surface area (Å²) in [6, 6.07) is 6.79. The Morgan fingerprint density at radius 3 is 2.42 bits per heavy atom. The Kier molecular flexibility index (Phi) is 5.75. The molecule has 0 saturated carbocycles. The van der Waals surface area contributed by atoms with Crippen LogP contribution >= 0.6 is 23.2 Å². The Morgan fingerprint density at radius 1 is 1.08 bits per heavy atom. The number of esters is 1. The normalized spacial score (nSPS) is 11.7. The molecule has 0 aliphatic carbocycles. The highest BCUT2D eigenvalue weighted by Gasteiger charge is 2.20. The number of benzene rings is 2. The molecule has 4 nitrogen and oxygen atoms in total. The number of rotatable bonds is 4. The average Bonchev–Trinajstić information content (AvgIpc) is 2.52. The van der Waals surface area contributed by atoms with E-state index >= 15 is 0 Å². The lowest BCUT2D eigenvalue weighted by Gasteiger charge is -2.14. The van der Waals surface area contributed by atoms with Gasteiger partial charge in [0.05, 0.1) is 21.3 Å².